The number of hydrogen-bond donors (Lipinski definition) is 0. The molecule has 2 aromatic heterocycles. The molecular formula is C11H9NO5. The van der Waals surface area contributed by atoms with Gasteiger partial charge in [-0.05, 0) is 18.2 Å². The minimum absolute atomic E-state index is 0.103. The lowest BCUT2D eigenvalue weighted by molar-refractivity contribution is -0.402. The van der Waals surface area contributed by atoms with Crippen LogP contribution in [0.3, 0.4) is 0 Å². The molecule has 0 radical (unpaired) electrons. The van der Waals surface area contributed by atoms with Crippen molar-refractivity contribution in [1.82, 2.24) is 0 Å². The van der Waals surface area contributed by atoms with Gasteiger partial charge in [-0.25, -0.2) is 0 Å². The number of aryl methyl sites for hydroxylation is 1. The maximum absolute atomic E-state index is 11.8. The van der Waals surface area contributed by atoms with Crippen molar-refractivity contribution >= 4 is 11.7 Å². The van der Waals surface area contributed by atoms with Gasteiger partial charge in [-0.1, -0.05) is 6.92 Å². The molecule has 0 aliphatic carbocycles. The van der Waals surface area contributed by atoms with Crippen LogP contribution in [0.15, 0.2) is 33.1 Å². The molecule has 0 bridgehead atoms. The highest BCUT2D eigenvalue weighted by Crippen LogP contribution is 2.20. The highest BCUT2D eigenvalue weighted by molar-refractivity contribution is 6.05. The third-order valence-corrected chi connectivity index (χ3v) is 2.23. The predicted octanol–water partition coefficient (Wildman–Crippen LogP) is 2.57. The van der Waals surface area contributed by atoms with E-state index < -0.39 is 16.6 Å². The van der Waals surface area contributed by atoms with E-state index in [4.69, 9.17) is 8.83 Å². The number of carbonyl (C=O) groups excluding carboxylic acids is 1. The van der Waals surface area contributed by atoms with Crippen molar-refractivity contribution in [3.05, 3.63) is 51.7 Å². The largest absolute Gasteiger partial charge is 0.457 e. The van der Waals surface area contributed by atoms with Crippen LogP contribution in [0.5, 0.6) is 0 Å². The number of nitrogens with zero attached hydrogens (tertiary/aromatic N) is 1. The van der Waals surface area contributed by atoms with Gasteiger partial charge in [0.2, 0.25) is 0 Å². The van der Waals surface area contributed by atoms with Crippen molar-refractivity contribution in [3.63, 3.8) is 0 Å². The molecule has 0 spiro atoms. The number of hydrogen-bond acceptors (Lipinski definition) is 5. The Hall–Kier alpha value is -2.37. The summed E-state index contributed by atoms with van der Waals surface area (Å²) in [6, 6.07) is 5.60. The van der Waals surface area contributed by atoms with E-state index in [0.717, 1.165) is 6.07 Å². The summed E-state index contributed by atoms with van der Waals surface area (Å²) in [5.74, 6) is -0.275. The second kappa shape index (κ2) is 4.25. The maximum Gasteiger partial charge on any atom is 0.433 e. The minimum Gasteiger partial charge on any atom is -0.457 e. The molecular weight excluding hydrogens is 226 g/mol. The fourth-order valence-corrected chi connectivity index (χ4v) is 1.36. The summed E-state index contributed by atoms with van der Waals surface area (Å²) in [6.07, 6.45) is 0.672. The zero-order valence-electron chi connectivity index (χ0n) is 9.00. The summed E-state index contributed by atoms with van der Waals surface area (Å²) < 4.78 is 10.0. The van der Waals surface area contributed by atoms with Crippen molar-refractivity contribution in [2.45, 2.75) is 13.3 Å². The smallest absolute Gasteiger partial charge is 0.433 e. The van der Waals surface area contributed by atoms with Gasteiger partial charge in [0.15, 0.2) is 11.5 Å². The van der Waals surface area contributed by atoms with E-state index in [1.54, 1.807) is 6.07 Å². The van der Waals surface area contributed by atoms with Crippen LogP contribution in [-0.2, 0) is 6.42 Å². The molecule has 2 rings (SSSR count). The lowest BCUT2D eigenvalue weighted by Crippen LogP contribution is -1.97. The molecule has 0 atom stereocenters. The maximum atomic E-state index is 11.8. The molecule has 2 heterocycles. The van der Waals surface area contributed by atoms with Gasteiger partial charge in [0.25, 0.3) is 5.78 Å². The fraction of sp³-hybridized carbons (Fsp3) is 0.182. The molecule has 0 amide bonds. The Balaban J connectivity index is 2.27. The summed E-state index contributed by atoms with van der Waals surface area (Å²) in [4.78, 5) is 21.5. The van der Waals surface area contributed by atoms with Crippen LogP contribution in [0.1, 0.15) is 29.0 Å². The van der Waals surface area contributed by atoms with Gasteiger partial charge >= 0.3 is 5.88 Å². The van der Waals surface area contributed by atoms with E-state index in [-0.39, 0.29) is 11.5 Å². The molecule has 17 heavy (non-hydrogen) atoms. The molecule has 0 saturated heterocycles. The summed E-state index contributed by atoms with van der Waals surface area (Å²) in [7, 11) is 0. The minimum atomic E-state index is -0.698. The Morgan fingerprint density at radius 1 is 1.24 bits per heavy atom. The van der Waals surface area contributed by atoms with Crippen LogP contribution >= 0.6 is 0 Å². The molecule has 0 aliphatic rings. The number of nitro groups is 1. The van der Waals surface area contributed by atoms with Gasteiger partial charge in [0, 0.05) is 6.42 Å². The van der Waals surface area contributed by atoms with Crippen LogP contribution in [0.25, 0.3) is 0 Å². The van der Waals surface area contributed by atoms with Gasteiger partial charge < -0.3 is 8.83 Å². The molecule has 0 N–H and O–H groups in total. The second-order valence-electron chi connectivity index (χ2n) is 3.34. The third kappa shape index (κ3) is 2.10. The standard InChI is InChI=1S/C11H9NO5/c1-2-7-3-4-8(16-7)11(13)9-5-6-10(17-9)12(14)15/h3-6H,2H2,1H3. The Morgan fingerprint density at radius 2 is 1.88 bits per heavy atom. The molecule has 88 valence electrons. The first-order valence-electron chi connectivity index (χ1n) is 4.99. The van der Waals surface area contributed by atoms with Gasteiger partial charge in [-0.15, -0.1) is 0 Å². The average Bonchev–Trinajstić information content (AvgIpc) is 2.97. The first-order valence-corrected chi connectivity index (χ1v) is 4.99. The second-order valence-corrected chi connectivity index (χ2v) is 3.34. The van der Waals surface area contributed by atoms with Crippen LogP contribution in [0.4, 0.5) is 5.88 Å². The zero-order valence-corrected chi connectivity index (χ0v) is 9.00. The molecule has 0 aliphatic heterocycles. The number of ketones is 1. The van der Waals surface area contributed by atoms with Crippen LogP contribution in [-0.4, -0.2) is 10.7 Å². The predicted molar refractivity (Wildman–Crippen MR) is 56.9 cm³/mol. The van der Waals surface area contributed by atoms with E-state index in [1.807, 2.05) is 6.92 Å². The first kappa shape index (κ1) is 11.1. The van der Waals surface area contributed by atoms with Gasteiger partial charge in [0.1, 0.15) is 10.7 Å². The van der Waals surface area contributed by atoms with Gasteiger partial charge in [-0.3, -0.25) is 14.9 Å². The third-order valence-electron chi connectivity index (χ3n) is 2.23. The van der Waals surface area contributed by atoms with Gasteiger partial charge in [-0.2, -0.15) is 0 Å². The highest BCUT2D eigenvalue weighted by Gasteiger charge is 2.20. The Kier molecular flexibility index (Phi) is 2.78. The molecule has 0 aromatic carbocycles. The monoisotopic (exact) mass is 235 g/mol. The van der Waals surface area contributed by atoms with Crippen molar-refractivity contribution in [1.29, 1.82) is 0 Å². The fourth-order valence-electron chi connectivity index (χ4n) is 1.36. The average molecular weight is 235 g/mol. The van der Waals surface area contributed by atoms with Crippen molar-refractivity contribution < 1.29 is 18.6 Å². The molecule has 6 heteroatoms. The van der Waals surface area contributed by atoms with Crippen molar-refractivity contribution in [2.24, 2.45) is 0 Å². The highest BCUT2D eigenvalue weighted by atomic mass is 16.6. The van der Waals surface area contributed by atoms with Gasteiger partial charge in [0.05, 0.1) is 6.07 Å². The molecule has 2 aromatic rings. The number of furan rings is 2. The Bertz CT molecular complexity index is 566. The molecule has 0 fully saturated rings. The first-order chi connectivity index (χ1) is 8.11. The van der Waals surface area contributed by atoms with Crippen LogP contribution in [0, 0.1) is 10.1 Å². The van der Waals surface area contributed by atoms with Crippen molar-refractivity contribution in [2.75, 3.05) is 0 Å². The lowest BCUT2D eigenvalue weighted by Gasteiger charge is -1.91. The summed E-state index contributed by atoms with van der Waals surface area (Å²) in [6.45, 7) is 1.89. The van der Waals surface area contributed by atoms with E-state index in [1.165, 1.54) is 12.1 Å². The van der Waals surface area contributed by atoms with E-state index >= 15 is 0 Å². The Labute approximate surface area is 96.0 Å². The summed E-state index contributed by atoms with van der Waals surface area (Å²) >= 11 is 0. The number of carbonyl (C=O) groups is 1. The van der Waals surface area contributed by atoms with Crippen LogP contribution in [0.2, 0.25) is 0 Å². The number of rotatable bonds is 4. The molecule has 6 nitrogen and oxygen atoms in total. The Morgan fingerprint density at radius 3 is 2.41 bits per heavy atom. The SMILES string of the molecule is CCc1ccc(C(=O)c2ccc([N+](=O)[O-])o2)o1. The lowest BCUT2D eigenvalue weighted by atomic mass is 10.2. The normalized spacial score (nSPS) is 10.4. The quantitative estimate of drug-likeness (QED) is 0.461. The molecule has 0 saturated carbocycles. The van der Waals surface area contributed by atoms with Crippen LogP contribution < -0.4 is 0 Å². The van der Waals surface area contributed by atoms with E-state index in [0.29, 0.717) is 12.2 Å². The van der Waals surface area contributed by atoms with Crippen molar-refractivity contribution in [3.8, 4) is 0 Å². The summed E-state index contributed by atoms with van der Waals surface area (Å²) in [5, 5.41) is 10.4. The molecule has 0 unspecified atom stereocenters. The van der Waals surface area contributed by atoms with E-state index in [2.05, 4.69) is 0 Å². The summed E-state index contributed by atoms with van der Waals surface area (Å²) in [5.41, 5.74) is 0. The zero-order chi connectivity index (χ0) is 12.4. The topological polar surface area (TPSA) is 86.5 Å². The van der Waals surface area contributed by atoms with E-state index in [9.17, 15) is 14.9 Å².